The summed E-state index contributed by atoms with van der Waals surface area (Å²) in [6, 6.07) is 0.961. The Morgan fingerprint density at radius 3 is 2.25 bits per heavy atom. The highest BCUT2D eigenvalue weighted by Gasteiger charge is 2.32. The predicted molar refractivity (Wildman–Crippen MR) is 67.5 cm³/mol. The van der Waals surface area contributed by atoms with Crippen LogP contribution in [-0.4, -0.2) is 37.1 Å². The molecule has 0 spiro atoms. The maximum Gasteiger partial charge on any atom is 0.00955 e. The number of rotatable bonds is 5. The quantitative estimate of drug-likeness (QED) is 0.767. The van der Waals surface area contributed by atoms with Crippen LogP contribution in [0.1, 0.15) is 44.9 Å². The van der Waals surface area contributed by atoms with Gasteiger partial charge in [-0.05, 0) is 63.5 Å². The molecule has 3 fully saturated rings. The molecule has 2 nitrogen and oxygen atoms in total. The van der Waals surface area contributed by atoms with Crippen molar-refractivity contribution in [2.45, 2.75) is 51.0 Å². The standard InChI is InChI=1S/C14H26N2/c1-4-14(5-1)16(10-12-6-7-12)11-13-3-2-8-15-9-13/h12-15H,1-11H2. The van der Waals surface area contributed by atoms with Gasteiger partial charge in [0, 0.05) is 19.1 Å². The van der Waals surface area contributed by atoms with Crippen LogP contribution in [0.4, 0.5) is 0 Å². The van der Waals surface area contributed by atoms with Gasteiger partial charge in [-0.15, -0.1) is 0 Å². The van der Waals surface area contributed by atoms with Gasteiger partial charge >= 0.3 is 0 Å². The predicted octanol–water partition coefficient (Wildman–Crippen LogP) is 2.25. The SMILES string of the molecule is C1CNCC(CN(CC2CC2)C2CCC2)C1. The number of hydrogen-bond acceptors (Lipinski definition) is 2. The van der Waals surface area contributed by atoms with Crippen LogP contribution in [0.15, 0.2) is 0 Å². The van der Waals surface area contributed by atoms with E-state index in [1.807, 2.05) is 0 Å². The van der Waals surface area contributed by atoms with Gasteiger partial charge in [-0.2, -0.15) is 0 Å². The molecule has 0 aromatic heterocycles. The maximum atomic E-state index is 3.56. The summed E-state index contributed by atoms with van der Waals surface area (Å²) >= 11 is 0. The van der Waals surface area contributed by atoms with Crippen LogP contribution in [0, 0.1) is 11.8 Å². The molecule has 1 N–H and O–H groups in total. The third-order valence-electron chi connectivity index (χ3n) is 4.67. The van der Waals surface area contributed by atoms with E-state index in [4.69, 9.17) is 0 Å². The smallest absolute Gasteiger partial charge is 0.00955 e. The normalized spacial score (nSPS) is 31.7. The van der Waals surface area contributed by atoms with Crippen molar-refractivity contribution in [3.63, 3.8) is 0 Å². The Bertz CT molecular complexity index is 215. The molecule has 0 bridgehead atoms. The van der Waals surface area contributed by atoms with Crippen LogP contribution in [0.25, 0.3) is 0 Å². The molecule has 1 atom stereocenters. The van der Waals surface area contributed by atoms with Gasteiger partial charge in [0.15, 0.2) is 0 Å². The summed E-state index contributed by atoms with van der Waals surface area (Å²) in [6.07, 6.45) is 10.3. The highest BCUT2D eigenvalue weighted by Crippen LogP contribution is 2.34. The van der Waals surface area contributed by atoms with E-state index in [1.54, 1.807) is 0 Å². The van der Waals surface area contributed by atoms with E-state index in [2.05, 4.69) is 10.2 Å². The van der Waals surface area contributed by atoms with E-state index < -0.39 is 0 Å². The highest BCUT2D eigenvalue weighted by molar-refractivity contribution is 4.87. The molecule has 1 saturated heterocycles. The van der Waals surface area contributed by atoms with Crippen molar-refractivity contribution >= 4 is 0 Å². The molecule has 16 heavy (non-hydrogen) atoms. The lowest BCUT2D eigenvalue weighted by Crippen LogP contribution is -2.46. The summed E-state index contributed by atoms with van der Waals surface area (Å²) in [7, 11) is 0. The van der Waals surface area contributed by atoms with E-state index in [0.29, 0.717) is 0 Å². The first kappa shape index (κ1) is 11.0. The summed E-state index contributed by atoms with van der Waals surface area (Å²) in [5, 5.41) is 3.56. The van der Waals surface area contributed by atoms with Crippen LogP contribution in [0.3, 0.4) is 0 Å². The lowest BCUT2D eigenvalue weighted by atomic mass is 9.89. The van der Waals surface area contributed by atoms with Gasteiger partial charge in [0.2, 0.25) is 0 Å². The summed E-state index contributed by atoms with van der Waals surface area (Å²) in [5.41, 5.74) is 0. The van der Waals surface area contributed by atoms with E-state index in [1.165, 1.54) is 71.1 Å². The Hall–Kier alpha value is -0.0800. The second-order valence-electron chi connectivity index (χ2n) is 6.19. The Morgan fingerprint density at radius 2 is 1.69 bits per heavy atom. The van der Waals surface area contributed by atoms with Gasteiger partial charge in [0.1, 0.15) is 0 Å². The van der Waals surface area contributed by atoms with Crippen LogP contribution < -0.4 is 5.32 Å². The average Bonchev–Trinajstić information content (AvgIpc) is 3.00. The van der Waals surface area contributed by atoms with Crippen LogP contribution in [0.5, 0.6) is 0 Å². The van der Waals surface area contributed by atoms with E-state index in [-0.39, 0.29) is 0 Å². The fourth-order valence-electron chi connectivity index (χ4n) is 3.17. The first-order valence-corrected chi connectivity index (χ1v) is 7.36. The van der Waals surface area contributed by atoms with Crippen molar-refractivity contribution in [1.82, 2.24) is 10.2 Å². The third-order valence-corrected chi connectivity index (χ3v) is 4.67. The van der Waals surface area contributed by atoms with Crippen LogP contribution in [0.2, 0.25) is 0 Å². The molecule has 1 aliphatic heterocycles. The maximum absolute atomic E-state index is 3.56. The minimum absolute atomic E-state index is 0.938. The third kappa shape index (κ3) is 2.78. The summed E-state index contributed by atoms with van der Waals surface area (Å²) in [4.78, 5) is 2.85. The number of piperidine rings is 1. The summed E-state index contributed by atoms with van der Waals surface area (Å²) < 4.78 is 0. The van der Waals surface area contributed by atoms with Crippen LogP contribution >= 0.6 is 0 Å². The second kappa shape index (κ2) is 5.05. The Labute approximate surface area is 99.8 Å². The van der Waals surface area contributed by atoms with E-state index in [0.717, 1.165) is 17.9 Å². The molecule has 2 saturated carbocycles. The van der Waals surface area contributed by atoms with Crippen LogP contribution in [-0.2, 0) is 0 Å². The van der Waals surface area contributed by atoms with Crippen molar-refractivity contribution in [2.24, 2.45) is 11.8 Å². The minimum Gasteiger partial charge on any atom is -0.316 e. The van der Waals surface area contributed by atoms with Crippen molar-refractivity contribution < 1.29 is 0 Å². The molecule has 0 amide bonds. The zero-order valence-corrected chi connectivity index (χ0v) is 10.5. The van der Waals surface area contributed by atoms with Gasteiger partial charge in [-0.1, -0.05) is 6.42 Å². The molecule has 1 unspecified atom stereocenters. The molecule has 92 valence electrons. The van der Waals surface area contributed by atoms with Gasteiger partial charge in [-0.25, -0.2) is 0 Å². The van der Waals surface area contributed by atoms with Gasteiger partial charge < -0.3 is 5.32 Å². The molecule has 2 aliphatic carbocycles. The lowest BCUT2D eigenvalue weighted by Gasteiger charge is -2.40. The van der Waals surface area contributed by atoms with Crippen molar-refractivity contribution in [1.29, 1.82) is 0 Å². The Balaban J connectivity index is 1.49. The van der Waals surface area contributed by atoms with Gasteiger partial charge in [0.05, 0.1) is 0 Å². The largest absolute Gasteiger partial charge is 0.316 e. The summed E-state index contributed by atoms with van der Waals surface area (Å²) in [6.45, 7) is 5.33. The molecular formula is C14H26N2. The Kier molecular flexibility index (Phi) is 3.49. The number of nitrogens with one attached hydrogen (secondary N) is 1. The highest BCUT2D eigenvalue weighted by atomic mass is 15.2. The summed E-state index contributed by atoms with van der Waals surface area (Å²) in [5.74, 6) is 2.00. The molecule has 2 heteroatoms. The second-order valence-corrected chi connectivity index (χ2v) is 6.19. The zero-order valence-electron chi connectivity index (χ0n) is 10.5. The fourth-order valence-corrected chi connectivity index (χ4v) is 3.17. The molecule has 1 heterocycles. The molecule has 0 aromatic carbocycles. The topological polar surface area (TPSA) is 15.3 Å². The first-order chi connectivity index (χ1) is 7.92. The number of hydrogen-bond donors (Lipinski definition) is 1. The fraction of sp³-hybridized carbons (Fsp3) is 1.00. The minimum atomic E-state index is 0.938. The molecule has 0 aromatic rings. The molecule has 0 radical (unpaired) electrons. The van der Waals surface area contributed by atoms with E-state index >= 15 is 0 Å². The molecular weight excluding hydrogens is 196 g/mol. The van der Waals surface area contributed by atoms with E-state index in [9.17, 15) is 0 Å². The number of nitrogens with zero attached hydrogens (tertiary/aromatic N) is 1. The molecule has 3 aliphatic rings. The average molecular weight is 222 g/mol. The van der Waals surface area contributed by atoms with Gasteiger partial charge in [0.25, 0.3) is 0 Å². The monoisotopic (exact) mass is 222 g/mol. The Morgan fingerprint density at radius 1 is 0.875 bits per heavy atom. The van der Waals surface area contributed by atoms with Crippen molar-refractivity contribution in [2.75, 3.05) is 26.2 Å². The van der Waals surface area contributed by atoms with Crippen molar-refractivity contribution in [3.05, 3.63) is 0 Å². The molecule has 3 rings (SSSR count). The zero-order chi connectivity index (χ0) is 10.8. The van der Waals surface area contributed by atoms with Gasteiger partial charge in [-0.3, -0.25) is 4.90 Å². The van der Waals surface area contributed by atoms with Crippen molar-refractivity contribution in [3.8, 4) is 0 Å². The first-order valence-electron chi connectivity index (χ1n) is 7.36. The lowest BCUT2D eigenvalue weighted by molar-refractivity contribution is 0.0954.